The molecule has 0 radical (unpaired) electrons. The predicted molar refractivity (Wildman–Crippen MR) is 112 cm³/mol. The lowest BCUT2D eigenvalue weighted by molar-refractivity contribution is -0.123. The number of likely N-dealkylation sites (N-methyl/N-ethyl adjacent to an activating group) is 1. The van der Waals surface area contributed by atoms with E-state index in [1.54, 1.807) is 0 Å². The van der Waals surface area contributed by atoms with Gasteiger partial charge in [0.25, 0.3) is 0 Å². The topological polar surface area (TPSA) is 44.4 Å². The molecule has 1 saturated carbocycles. The smallest absolute Gasteiger partial charge is 0.223 e. The second-order valence-corrected chi connectivity index (χ2v) is 7.26. The van der Waals surface area contributed by atoms with E-state index in [-0.39, 0.29) is 42.7 Å². The van der Waals surface area contributed by atoms with Gasteiger partial charge in [0.05, 0.1) is 6.04 Å². The molecule has 2 fully saturated rings. The van der Waals surface area contributed by atoms with Gasteiger partial charge in [0.2, 0.25) is 5.91 Å². The van der Waals surface area contributed by atoms with E-state index in [4.69, 9.17) is 0 Å². The molecule has 26 heavy (non-hydrogen) atoms. The quantitative estimate of drug-likeness (QED) is 0.735. The van der Waals surface area contributed by atoms with Crippen molar-refractivity contribution in [2.24, 2.45) is 11.3 Å². The number of hydrogen-bond acceptors (Lipinski definition) is 3. The molecule has 1 aromatic rings. The highest BCUT2D eigenvalue weighted by atomic mass is 35.5. The monoisotopic (exact) mass is 401 g/mol. The summed E-state index contributed by atoms with van der Waals surface area (Å²) in [6.07, 6.45) is 3.40. The van der Waals surface area contributed by atoms with Crippen LogP contribution in [0.1, 0.15) is 44.7 Å². The highest BCUT2D eigenvalue weighted by Crippen LogP contribution is 2.58. The van der Waals surface area contributed by atoms with Crippen LogP contribution in [0.2, 0.25) is 0 Å². The molecule has 0 aromatic heterocycles. The standard InChI is InChI=1S/C20H31N3O.2ClH/c1-3-23(4-2)18(16-8-6-5-7-9-16)15-22-19(24)17-14-20(17)10-12-21-13-11-20;;/h5-9,17-18,21H,3-4,10-15H2,1-2H3,(H,22,24);2*1H. The molecular weight excluding hydrogens is 369 g/mol. The molecular formula is C20H33Cl2N3O. The Labute approximate surface area is 170 Å². The molecule has 0 bridgehead atoms. The van der Waals surface area contributed by atoms with Crippen molar-refractivity contribution in [3.05, 3.63) is 35.9 Å². The van der Waals surface area contributed by atoms with Crippen molar-refractivity contribution in [3.8, 4) is 0 Å². The molecule has 6 heteroatoms. The molecule has 1 amide bonds. The molecule has 4 nitrogen and oxygen atoms in total. The van der Waals surface area contributed by atoms with Gasteiger partial charge in [0.1, 0.15) is 0 Å². The first kappa shape index (κ1) is 23.2. The lowest BCUT2D eigenvalue weighted by Gasteiger charge is -2.30. The Morgan fingerprint density at radius 2 is 1.81 bits per heavy atom. The number of halogens is 2. The van der Waals surface area contributed by atoms with Crippen LogP contribution in [0.15, 0.2) is 30.3 Å². The van der Waals surface area contributed by atoms with Gasteiger partial charge in [-0.1, -0.05) is 44.2 Å². The number of nitrogens with one attached hydrogen (secondary N) is 2. The minimum atomic E-state index is 0. The van der Waals surface area contributed by atoms with Crippen LogP contribution in [0.25, 0.3) is 0 Å². The summed E-state index contributed by atoms with van der Waals surface area (Å²) < 4.78 is 0. The minimum Gasteiger partial charge on any atom is -0.354 e. The van der Waals surface area contributed by atoms with Crippen LogP contribution < -0.4 is 10.6 Å². The van der Waals surface area contributed by atoms with Gasteiger partial charge < -0.3 is 10.6 Å². The van der Waals surface area contributed by atoms with E-state index in [1.807, 2.05) is 6.07 Å². The molecule has 1 spiro atoms. The Morgan fingerprint density at radius 1 is 1.19 bits per heavy atom. The lowest BCUT2D eigenvalue weighted by Crippen LogP contribution is -2.39. The van der Waals surface area contributed by atoms with Crippen LogP contribution in [0.3, 0.4) is 0 Å². The Kier molecular flexibility index (Phi) is 9.39. The number of carbonyl (C=O) groups is 1. The number of amides is 1. The second-order valence-electron chi connectivity index (χ2n) is 7.26. The third kappa shape index (κ3) is 5.13. The Morgan fingerprint density at radius 3 is 2.38 bits per heavy atom. The van der Waals surface area contributed by atoms with E-state index < -0.39 is 0 Å². The summed E-state index contributed by atoms with van der Waals surface area (Å²) in [4.78, 5) is 15.1. The van der Waals surface area contributed by atoms with Gasteiger partial charge in [-0.2, -0.15) is 0 Å². The van der Waals surface area contributed by atoms with Gasteiger partial charge in [-0.3, -0.25) is 9.69 Å². The van der Waals surface area contributed by atoms with Crippen molar-refractivity contribution in [2.75, 3.05) is 32.7 Å². The third-order valence-electron chi connectivity index (χ3n) is 6.01. The number of carbonyl (C=O) groups excluding carboxylic acids is 1. The highest BCUT2D eigenvalue weighted by Gasteiger charge is 2.57. The van der Waals surface area contributed by atoms with Gasteiger partial charge in [0, 0.05) is 12.5 Å². The van der Waals surface area contributed by atoms with Crippen LogP contribution in [-0.2, 0) is 4.79 Å². The first-order valence-corrected chi connectivity index (χ1v) is 9.47. The molecule has 1 aliphatic heterocycles. The van der Waals surface area contributed by atoms with Crippen LogP contribution >= 0.6 is 24.8 Å². The fraction of sp³-hybridized carbons (Fsp3) is 0.650. The Balaban J connectivity index is 0.00000169. The van der Waals surface area contributed by atoms with Crippen molar-refractivity contribution in [1.82, 2.24) is 15.5 Å². The maximum absolute atomic E-state index is 12.7. The maximum atomic E-state index is 12.7. The predicted octanol–water partition coefficient (Wildman–Crippen LogP) is 3.42. The number of benzene rings is 1. The summed E-state index contributed by atoms with van der Waals surface area (Å²) in [5.41, 5.74) is 1.60. The van der Waals surface area contributed by atoms with Crippen LogP contribution in [-0.4, -0.2) is 43.5 Å². The number of nitrogens with zero attached hydrogens (tertiary/aromatic N) is 1. The summed E-state index contributed by atoms with van der Waals surface area (Å²) in [5.74, 6) is 0.512. The molecule has 1 aromatic carbocycles. The van der Waals surface area contributed by atoms with E-state index in [0.29, 0.717) is 12.0 Å². The molecule has 1 aliphatic carbocycles. The number of hydrogen-bond donors (Lipinski definition) is 2. The molecule has 1 heterocycles. The minimum absolute atomic E-state index is 0. The average Bonchev–Trinajstić information content (AvgIpc) is 3.32. The largest absolute Gasteiger partial charge is 0.354 e. The van der Waals surface area contributed by atoms with Crippen LogP contribution in [0.4, 0.5) is 0 Å². The summed E-state index contributed by atoms with van der Waals surface area (Å²) >= 11 is 0. The lowest BCUT2D eigenvalue weighted by atomic mass is 9.91. The molecule has 2 N–H and O–H groups in total. The highest BCUT2D eigenvalue weighted by molar-refractivity contribution is 5.85. The van der Waals surface area contributed by atoms with Gasteiger partial charge in [-0.15, -0.1) is 24.8 Å². The summed E-state index contributed by atoms with van der Waals surface area (Å²) in [7, 11) is 0. The molecule has 1 saturated heterocycles. The first-order chi connectivity index (χ1) is 11.7. The van der Waals surface area contributed by atoms with Crippen LogP contribution in [0.5, 0.6) is 0 Å². The number of piperidine rings is 1. The second kappa shape index (κ2) is 10.5. The molecule has 148 valence electrons. The molecule has 2 aliphatic rings. The maximum Gasteiger partial charge on any atom is 0.223 e. The van der Waals surface area contributed by atoms with Crippen molar-refractivity contribution >= 4 is 30.7 Å². The SMILES string of the molecule is CCN(CC)C(CNC(=O)C1CC12CCNCC2)c1ccccc1.Cl.Cl. The van der Waals surface area contributed by atoms with Crippen molar-refractivity contribution in [2.45, 2.75) is 39.2 Å². The molecule has 2 atom stereocenters. The summed E-state index contributed by atoms with van der Waals surface area (Å²) in [6.45, 7) is 9.19. The van der Waals surface area contributed by atoms with Crippen LogP contribution in [0, 0.1) is 11.3 Å². The number of rotatable bonds is 7. The van der Waals surface area contributed by atoms with Crippen molar-refractivity contribution in [3.63, 3.8) is 0 Å². The van der Waals surface area contributed by atoms with E-state index in [0.717, 1.165) is 45.4 Å². The average molecular weight is 402 g/mol. The van der Waals surface area contributed by atoms with E-state index >= 15 is 0 Å². The van der Waals surface area contributed by atoms with Gasteiger partial charge in [-0.25, -0.2) is 0 Å². The zero-order valence-electron chi connectivity index (χ0n) is 15.9. The van der Waals surface area contributed by atoms with Crippen molar-refractivity contribution in [1.29, 1.82) is 0 Å². The zero-order chi connectivity index (χ0) is 17.0. The van der Waals surface area contributed by atoms with Crippen molar-refractivity contribution < 1.29 is 4.79 Å². The fourth-order valence-corrected chi connectivity index (χ4v) is 4.31. The van der Waals surface area contributed by atoms with Gasteiger partial charge >= 0.3 is 0 Å². The summed E-state index contributed by atoms with van der Waals surface area (Å²) in [6, 6.07) is 10.8. The van der Waals surface area contributed by atoms with E-state index in [2.05, 4.69) is 53.6 Å². The first-order valence-electron chi connectivity index (χ1n) is 9.47. The Bertz CT molecular complexity index is 545. The zero-order valence-corrected chi connectivity index (χ0v) is 17.5. The summed E-state index contributed by atoms with van der Waals surface area (Å²) in [5, 5.41) is 6.67. The third-order valence-corrected chi connectivity index (χ3v) is 6.01. The normalized spacial score (nSPS) is 21.4. The van der Waals surface area contributed by atoms with Gasteiger partial charge in [-0.05, 0) is 56.4 Å². The van der Waals surface area contributed by atoms with E-state index in [9.17, 15) is 4.79 Å². The Hall–Kier alpha value is -0.810. The van der Waals surface area contributed by atoms with E-state index in [1.165, 1.54) is 5.56 Å². The molecule has 3 rings (SSSR count). The van der Waals surface area contributed by atoms with Gasteiger partial charge in [0.15, 0.2) is 0 Å². The fourth-order valence-electron chi connectivity index (χ4n) is 4.31. The molecule has 2 unspecified atom stereocenters.